The third-order valence-electron chi connectivity index (χ3n) is 1.21. The van der Waals surface area contributed by atoms with Gasteiger partial charge in [-0.2, -0.15) is 0 Å². The zero-order valence-electron chi connectivity index (χ0n) is 8.80. The van der Waals surface area contributed by atoms with Gasteiger partial charge in [-0.05, 0) is 34.6 Å². The quantitative estimate of drug-likeness (QED) is 0.356. The minimum absolute atomic E-state index is 0.505. The topological polar surface area (TPSA) is 43.4 Å². The van der Waals surface area contributed by atoms with Crippen molar-refractivity contribution >= 4 is 11.9 Å². The highest BCUT2D eigenvalue weighted by Gasteiger charge is 2.24. The molecule has 0 aromatic rings. The van der Waals surface area contributed by atoms with Crippen LogP contribution in [0.4, 0.5) is 0 Å². The van der Waals surface area contributed by atoms with E-state index in [9.17, 15) is 9.59 Å². The summed E-state index contributed by atoms with van der Waals surface area (Å²) in [6, 6.07) is 0. The normalized spacial score (nSPS) is 10.5. The number of ether oxygens (including phenoxy) is 1. The molecule has 0 aliphatic carbocycles. The van der Waals surface area contributed by atoms with E-state index in [2.05, 4.69) is 4.74 Å². The van der Waals surface area contributed by atoms with Crippen LogP contribution < -0.4 is 0 Å². The van der Waals surface area contributed by atoms with Gasteiger partial charge in [0.2, 0.25) is 0 Å². The summed E-state index contributed by atoms with van der Waals surface area (Å²) in [6.45, 7) is 8.63. The average Bonchev–Trinajstić information content (AvgIpc) is 1.82. The number of carbonyl (C=O) groups is 2. The van der Waals surface area contributed by atoms with Crippen molar-refractivity contribution < 1.29 is 14.3 Å². The van der Waals surface area contributed by atoms with Crippen LogP contribution in [0.3, 0.4) is 0 Å². The van der Waals surface area contributed by atoms with E-state index in [0.717, 1.165) is 5.57 Å². The Labute approximate surface area is 78.8 Å². The lowest BCUT2D eigenvalue weighted by Gasteiger charge is -2.14. The molecule has 0 aromatic heterocycles. The maximum absolute atomic E-state index is 11.2. The molecule has 0 aromatic carbocycles. The lowest BCUT2D eigenvalue weighted by atomic mass is 9.97. The molecule has 0 heterocycles. The van der Waals surface area contributed by atoms with Gasteiger partial charge in [0.25, 0.3) is 0 Å². The summed E-state index contributed by atoms with van der Waals surface area (Å²) in [5.74, 6) is -1.10. The van der Waals surface area contributed by atoms with Crippen LogP contribution in [0.15, 0.2) is 11.6 Å². The second kappa shape index (κ2) is 4.21. The molecule has 3 heteroatoms. The Morgan fingerprint density at radius 2 is 1.62 bits per heavy atom. The number of carbonyl (C=O) groups excluding carboxylic acids is 2. The lowest BCUT2D eigenvalue weighted by Crippen LogP contribution is -2.25. The van der Waals surface area contributed by atoms with Crippen molar-refractivity contribution in [1.29, 1.82) is 0 Å². The van der Waals surface area contributed by atoms with Crippen LogP contribution in [-0.2, 0) is 14.3 Å². The Morgan fingerprint density at radius 3 is 1.92 bits per heavy atom. The van der Waals surface area contributed by atoms with Gasteiger partial charge >= 0.3 is 11.9 Å². The summed E-state index contributed by atoms with van der Waals surface area (Å²) in [6.07, 6.45) is 1.30. The predicted molar refractivity (Wildman–Crippen MR) is 50.0 cm³/mol. The molecule has 0 saturated heterocycles. The summed E-state index contributed by atoms with van der Waals surface area (Å²) in [5, 5.41) is 0. The van der Waals surface area contributed by atoms with Crippen molar-refractivity contribution in [2.45, 2.75) is 34.6 Å². The summed E-state index contributed by atoms with van der Waals surface area (Å²) >= 11 is 0. The Kier molecular flexibility index (Phi) is 3.85. The van der Waals surface area contributed by atoms with Crippen molar-refractivity contribution in [2.24, 2.45) is 5.41 Å². The van der Waals surface area contributed by atoms with Crippen molar-refractivity contribution in [3.8, 4) is 0 Å². The first-order valence-electron chi connectivity index (χ1n) is 4.14. The van der Waals surface area contributed by atoms with E-state index in [-0.39, 0.29) is 0 Å². The van der Waals surface area contributed by atoms with Gasteiger partial charge in [0.05, 0.1) is 5.41 Å². The minimum Gasteiger partial charge on any atom is -0.389 e. The standard InChI is InChI=1S/C10H16O3/c1-7(2)6-8(11)13-9(12)10(3,4)5/h6H,1-5H3. The van der Waals surface area contributed by atoms with E-state index in [1.807, 2.05) is 0 Å². The molecular weight excluding hydrogens is 168 g/mol. The number of esters is 2. The Hall–Kier alpha value is -1.12. The van der Waals surface area contributed by atoms with E-state index < -0.39 is 17.4 Å². The Bertz CT molecular complexity index is 239. The fourth-order valence-corrected chi connectivity index (χ4v) is 0.510. The van der Waals surface area contributed by atoms with Gasteiger partial charge in [-0.1, -0.05) is 5.57 Å². The average molecular weight is 184 g/mol. The summed E-state index contributed by atoms with van der Waals surface area (Å²) in [7, 11) is 0. The van der Waals surface area contributed by atoms with Gasteiger partial charge in [-0.3, -0.25) is 4.79 Å². The third-order valence-corrected chi connectivity index (χ3v) is 1.21. The van der Waals surface area contributed by atoms with Crippen molar-refractivity contribution in [2.75, 3.05) is 0 Å². The second-order valence-electron chi connectivity index (χ2n) is 4.18. The molecule has 0 bridgehead atoms. The molecule has 3 nitrogen and oxygen atoms in total. The Morgan fingerprint density at radius 1 is 1.15 bits per heavy atom. The number of hydrogen-bond donors (Lipinski definition) is 0. The molecule has 0 unspecified atom stereocenters. The number of rotatable bonds is 1. The van der Waals surface area contributed by atoms with Crippen molar-refractivity contribution in [1.82, 2.24) is 0 Å². The SMILES string of the molecule is CC(C)=CC(=O)OC(=O)C(C)(C)C. The Balaban J connectivity index is 4.25. The highest BCUT2D eigenvalue weighted by atomic mass is 16.6. The highest BCUT2D eigenvalue weighted by Crippen LogP contribution is 2.15. The van der Waals surface area contributed by atoms with Gasteiger partial charge in [0.15, 0.2) is 0 Å². The van der Waals surface area contributed by atoms with Gasteiger partial charge in [-0.25, -0.2) is 4.79 Å². The smallest absolute Gasteiger partial charge is 0.338 e. The minimum atomic E-state index is -0.634. The highest BCUT2D eigenvalue weighted by molar-refractivity contribution is 5.94. The number of allylic oxidation sites excluding steroid dienone is 1. The molecule has 13 heavy (non-hydrogen) atoms. The largest absolute Gasteiger partial charge is 0.389 e. The molecule has 0 saturated carbocycles. The fraction of sp³-hybridized carbons (Fsp3) is 0.600. The molecule has 0 fully saturated rings. The van der Waals surface area contributed by atoms with E-state index >= 15 is 0 Å². The van der Waals surface area contributed by atoms with E-state index in [1.165, 1.54) is 6.08 Å². The predicted octanol–water partition coefficient (Wildman–Crippen LogP) is 2.07. The van der Waals surface area contributed by atoms with E-state index in [1.54, 1.807) is 34.6 Å². The van der Waals surface area contributed by atoms with Crippen molar-refractivity contribution in [3.05, 3.63) is 11.6 Å². The van der Waals surface area contributed by atoms with Crippen LogP contribution in [0.5, 0.6) is 0 Å². The molecule has 0 N–H and O–H groups in total. The first-order valence-corrected chi connectivity index (χ1v) is 4.14. The molecule has 0 amide bonds. The van der Waals surface area contributed by atoms with Gasteiger partial charge in [0.1, 0.15) is 0 Å². The fourth-order valence-electron chi connectivity index (χ4n) is 0.510. The van der Waals surface area contributed by atoms with Crippen LogP contribution in [0.1, 0.15) is 34.6 Å². The van der Waals surface area contributed by atoms with E-state index in [0.29, 0.717) is 0 Å². The zero-order chi connectivity index (χ0) is 10.6. The molecule has 0 rings (SSSR count). The van der Waals surface area contributed by atoms with Crippen molar-refractivity contribution in [3.63, 3.8) is 0 Å². The maximum Gasteiger partial charge on any atom is 0.338 e. The van der Waals surface area contributed by atoms with Crippen LogP contribution in [0.2, 0.25) is 0 Å². The first-order chi connectivity index (χ1) is 5.73. The first kappa shape index (κ1) is 11.9. The second-order valence-corrected chi connectivity index (χ2v) is 4.18. The molecule has 0 aliphatic heterocycles. The molecule has 0 atom stereocenters. The van der Waals surface area contributed by atoms with Crippen LogP contribution in [0.25, 0.3) is 0 Å². The lowest BCUT2D eigenvalue weighted by molar-refractivity contribution is -0.162. The van der Waals surface area contributed by atoms with E-state index in [4.69, 9.17) is 0 Å². The molecular formula is C10H16O3. The zero-order valence-corrected chi connectivity index (χ0v) is 8.80. The molecule has 0 radical (unpaired) electrons. The number of hydrogen-bond acceptors (Lipinski definition) is 3. The molecule has 0 spiro atoms. The van der Waals surface area contributed by atoms with Gasteiger partial charge in [-0.15, -0.1) is 0 Å². The van der Waals surface area contributed by atoms with Crippen LogP contribution in [-0.4, -0.2) is 11.9 Å². The van der Waals surface area contributed by atoms with Crippen LogP contribution in [0, 0.1) is 5.41 Å². The summed E-state index contributed by atoms with van der Waals surface area (Å²) in [5.41, 5.74) is 0.178. The van der Waals surface area contributed by atoms with Crippen LogP contribution >= 0.6 is 0 Å². The summed E-state index contributed by atoms with van der Waals surface area (Å²) < 4.78 is 4.57. The third kappa shape index (κ3) is 5.17. The van der Waals surface area contributed by atoms with Gasteiger partial charge in [0, 0.05) is 6.08 Å². The summed E-state index contributed by atoms with van der Waals surface area (Å²) in [4.78, 5) is 22.2. The molecule has 0 aliphatic rings. The maximum atomic E-state index is 11.2. The van der Waals surface area contributed by atoms with Gasteiger partial charge < -0.3 is 4.74 Å². The molecule has 74 valence electrons. The monoisotopic (exact) mass is 184 g/mol.